The molecule has 0 aliphatic carbocycles. The van der Waals surface area contributed by atoms with Crippen molar-refractivity contribution in [3.05, 3.63) is 28.2 Å². The van der Waals surface area contributed by atoms with Crippen LogP contribution in [0.15, 0.2) is 18.2 Å². The number of halogens is 2. The number of rotatable bonds is 6. The van der Waals surface area contributed by atoms with E-state index in [4.69, 9.17) is 33.7 Å². The van der Waals surface area contributed by atoms with Gasteiger partial charge in [0.2, 0.25) is 5.91 Å². The fourth-order valence-electron chi connectivity index (χ4n) is 2.72. The van der Waals surface area contributed by atoms with Gasteiger partial charge in [-0.2, -0.15) is 0 Å². The van der Waals surface area contributed by atoms with Gasteiger partial charge in [-0.05, 0) is 43.9 Å². The van der Waals surface area contributed by atoms with Crippen LogP contribution >= 0.6 is 23.2 Å². The molecule has 1 amide bonds. The van der Waals surface area contributed by atoms with Crippen molar-refractivity contribution in [2.24, 2.45) is 5.73 Å². The molecule has 0 saturated carbocycles. The number of benzene rings is 1. The van der Waals surface area contributed by atoms with E-state index in [1.165, 1.54) is 0 Å². The molecular weight excluding hydrogens is 323 g/mol. The molecule has 0 bridgehead atoms. The summed E-state index contributed by atoms with van der Waals surface area (Å²) in [6.07, 6.45) is 4.37. The van der Waals surface area contributed by atoms with E-state index in [1.807, 2.05) is 4.90 Å². The summed E-state index contributed by atoms with van der Waals surface area (Å²) in [4.78, 5) is 14.2. The number of hydrogen-bond donors (Lipinski definition) is 1. The molecule has 1 aliphatic rings. The molecule has 2 rings (SSSR count). The average molecular weight is 345 g/mol. The Labute approximate surface area is 141 Å². The van der Waals surface area contributed by atoms with Crippen LogP contribution in [0.5, 0.6) is 5.75 Å². The quantitative estimate of drug-likeness (QED) is 0.803. The van der Waals surface area contributed by atoms with Crippen molar-refractivity contribution in [2.75, 3.05) is 19.7 Å². The Bertz CT molecular complexity index is 511. The first-order valence-electron chi connectivity index (χ1n) is 7.69. The Kier molecular flexibility index (Phi) is 6.80. The molecule has 0 spiro atoms. The van der Waals surface area contributed by atoms with Crippen LogP contribution in [0.3, 0.4) is 0 Å². The van der Waals surface area contributed by atoms with Crippen LogP contribution in [0.4, 0.5) is 0 Å². The second-order valence-electron chi connectivity index (χ2n) is 5.50. The zero-order chi connectivity index (χ0) is 15.9. The molecule has 1 saturated heterocycles. The second-order valence-corrected chi connectivity index (χ2v) is 6.34. The molecule has 4 nitrogen and oxygen atoms in total. The topological polar surface area (TPSA) is 55.6 Å². The molecule has 1 aromatic carbocycles. The molecule has 1 fully saturated rings. The maximum Gasteiger partial charge on any atom is 0.222 e. The molecule has 1 aliphatic heterocycles. The number of ether oxygens (including phenoxy) is 1. The highest BCUT2D eigenvalue weighted by Gasteiger charge is 2.24. The van der Waals surface area contributed by atoms with Gasteiger partial charge in [0.1, 0.15) is 5.75 Å². The number of hydrogen-bond acceptors (Lipinski definition) is 3. The first kappa shape index (κ1) is 17.4. The van der Waals surface area contributed by atoms with E-state index in [9.17, 15) is 4.79 Å². The normalized spacial score (nSPS) is 18.3. The number of carbonyl (C=O) groups is 1. The van der Waals surface area contributed by atoms with Gasteiger partial charge >= 0.3 is 0 Å². The van der Waals surface area contributed by atoms with Gasteiger partial charge in [-0.3, -0.25) is 4.79 Å². The largest absolute Gasteiger partial charge is 0.492 e. The third-order valence-corrected chi connectivity index (χ3v) is 4.44. The molecule has 1 heterocycles. The SMILES string of the molecule is NCC1CCCCN1C(=O)CCCOc1ccc(Cl)cc1Cl. The van der Waals surface area contributed by atoms with Gasteiger partial charge in [-0.15, -0.1) is 0 Å². The van der Waals surface area contributed by atoms with Crippen LogP contribution in [0.2, 0.25) is 10.0 Å². The van der Waals surface area contributed by atoms with Crippen molar-refractivity contribution >= 4 is 29.1 Å². The predicted octanol–water partition coefficient (Wildman–Crippen LogP) is 3.49. The minimum Gasteiger partial charge on any atom is -0.492 e. The smallest absolute Gasteiger partial charge is 0.222 e. The van der Waals surface area contributed by atoms with Crippen LogP contribution in [-0.2, 0) is 4.79 Å². The highest BCUT2D eigenvalue weighted by Crippen LogP contribution is 2.27. The summed E-state index contributed by atoms with van der Waals surface area (Å²) in [5, 5.41) is 1.06. The van der Waals surface area contributed by atoms with Gasteiger partial charge in [-0.25, -0.2) is 0 Å². The number of amides is 1. The Morgan fingerprint density at radius 3 is 2.91 bits per heavy atom. The van der Waals surface area contributed by atoms with Crippen molar-refractivity contribution in [2.45, 2.75) is 38.1 Å². The highest BCUT2D eigenvalue weighted by molar-refractivity contribution is 6.35. The van der Waals surface area contributed by atoms with Crippen LogP contribution < -0.4 is 10.5 Å². The molecule has 2 N–H and O–H groups in total. The van der Waals surface area contributed by atoms with Crippen LogP contribution in [-0.4, -0.2) is 36.5 Å². The van der Waals surface area contributed by atoms with E-state index in [0.29, 0.717) is 41.8 Å². The number of piperidine rings is 1. The standard InChI is InChI=1S/C16H22Cl2N2O2/c17-12-6-7-15(14(18)10-12)22-9-3-5-16(21)20-8-2-1-4-13(20)11-19/h6-7,10,13H,1-5,8-9,11,19H2. The van der Waals surface area contributed by atoms with E-state index in [2.05, 4.69) is 0 Å². The fourth-order valence-corrected chi connectivity index (χ4v) is 3.18. The Morgan fingerprint density at radius 1 is 1.36 bits per heavy atom. The number of likely N-dealkylation sites (tertiary alicyclic amines) is 1. The third-order valence-electron chi connectivity index (χ3n) is 3.91. The Balaban J connectivity index is 1.74. The van der Waals surface area contributed by atoms with E-state index >= 15 is 0 Å². The molecular formula is C16H22Cl2N2O2. The third kappa shape index (κ3) is 4.77. The summed E-state index contributed by atoms with van der Waals surface area (Å²) >= 11 is 11.9. The Morgan fingerprint density at radius 2 is 2.18 bits per heavy atom. The van der Waals surface area contributed by atoms with Gasteiger partial charge < -0.3 is 15.4 Å². The van der Waals surface area contributed by atoms with Crippen molar-refractivity contribution in [3.63, 3.8) is 0 Å². The first-order chi connectivity index (χ1) is 10.6. The van der Waals surface area contributed by atoms with Crippen LogP contribution in [0.1, 0.15) is 32.1 Å². The van der Waals surface area contributed by atoms with Crippen LogP contribution in [0, 0.1) is 0 Å². The lowest BCUT2D eigenvalue weighted by molar-refractivity contribution is -0.134. The van der Waals surface area contributed by atoms with Crippen molar-refractivity contribution in [1.82, 2.24) is 4.90 Å². The zero-order valence-electron chi connectivity index (χ0n) is 12.6. The predicted molar refractivity (Wildman–Crippen MR) is 89.6 cm³/mol. The van der Waals surface area contributed by atoms with E-state index in [-0.39, 0.29) is 11.9 Å². The summed E-state index contributed by atoms with van der Waals surface area (Å²) in [5.74, 6) is 0.761. The van der Waals surface area contributed by atoms with Gasteiger partial charge in [0.15, 0.2) is 0 Å². The van der Waals surface area contributed by atoms with E-state index in [1.54, 1.807) is 18.2 Å². The number of nitrogens with two attached hydrogens (primary N) is 1. The summed E-state index contributed by atoms with van der Waals surface area (Å²) < 4.78 is 5.60. The van der Waals surface area contributed by atoms with Gasteiger partial charge in [-0.1, -0.05) is 23.2 Å². The number of nitrogens with zero attached hydrogens (tertiary/aromatic N) is 1. The molecule has 1 atom stereocenters. The summed E-state index contributed by atoms with van der Waals surface area (Å²) in [6, 6.07) is 5.31. The van der Waals surface area contributed by atoms with Crippen LogP contribution in [0.25, 0.3) is 0 Å². The summed E-state index contributed by atoms with van der Waals surface area (Å²) in [7, 11) is 0. The maximum absolute atomic E-state index is 12.3. The monoisotopic (exact) mass is 344 g/mol. The zero-order valence-corrected chi connectivity index (χ0v) is 14.1. The molecule has 1 unspecified atom stereocenters. The van der Waals surface area contributed by atoms with E-state index < -0.39 is 0 Å². The Hall–Kier alpha value is -0.970. The van der Waals surface area contributed by atoms with Gasteiger partial charge in [0.05, 0.1) is 11.6 Å². The minimum atomic E-state index is 0.168. The van der Waals surface area contributed by atoms with Crippen molar-refractivity contribution < 1.29 is 9.53 Å². The molecule has 0 radical (unpaired) electrons. The lowest BCUT2D eigenvalue weighted by Crippen LogP contribution is -2.47. The van der Waals surface area contributed by atoms with Crippen molar-refractivity contribution in [3.8, 4) is 5.75 Å². The van der Waals surface area contributed by atoms with Crippen molar-refractivity contribution in [1.29, 1.82) is 0 Å². The highest BCUT2D eigenvalue weighted by atomic mass is 35.5. The van der Waals surface area contributed by atoms with Gasteiger partial charge in [0.25, 0.3) is 0 Å². The molecule has 122 valence electrons. The second kappa shape index (κ2) is 8.61. The fraction of sp³-hybridized carbons (Fsp3) is 0.562. The minimum absolute atomic E-state index is 0.168. The average Bonchev–Trinajstić information content (AvgIpc) is 2.53. The molecule has 0 aromatic heterocycles. The lowest BCUT2D eigenvalue weighted by atomic mass is 10.0. The molecule has 1 aromatic rings. The summed E-state index contributed by atoms with van der Waals surface area (Å²) in [6.45, 7) is 1.82. The maximum atomic E-state index is 12.3. The summed E-state index contributed by atoms with van der Waals surface area (Å²) in [5.41, 5.74) is 5.75. The first-order valence-corrected chi connectivity index (χ1v) is 8.45. The molecule has 22 heavy (non-hydrogen) atoms. The number of carbonyl (C=O) groups excluding carboxylic acids is 1. The molecule has 6 heteroatoms. The lowest BCUT2D eigenvalue weighted by Gasteiger charge is -2.35. The van der Waals surface area contributed by atoms with E-state index in [0.717, 1.165) is 25.8 Å². The van der Waals surface area contributed by atoms with Gasteiger partial charge in [0, 0.05) is 30.6 Å².